The number of anilines is 2. The first-order chi connectivity index (χ1) is 35.8. The van der Waals surface area contributed by atoms with Crippen LogP contribution >= 0.6 is 0 Å². The van der Waals surface area contributed by atoms with Gasteiger partial charge < -0.3 is 59.4 Å². The lowest BCUT2D eigenvalue weighted by atomic mass is 9.48. The number of likely N-dealkylation sites (tertiary alicyclic amines) is 2. The molecular weight excluding hydrogens is 941 g/mol. The average molecular weight is 1020 g/mol. The van der Waals surface area contributed by atoms with Crippen LogP contribution in [0.1, 0.15) is 116 Å². The zero-order valence-corrected chi connectivity index (χ0v) is 43.9. The fraction of sp³-hybridized carbons (Fsp3) is 0.724. The number of piperidine rings is 4. The maximum absolute atomic E-state index is 13.6. The van der Waals surface area contributed by atoms with Gasteiger partial charge in [0.25, 0.3) is 0 Å². The summed E-state index contributed by atoms with van der Waals surface area (Å²) in [5.41, 5.74) is 1.82. The summed E-state index contributed by atoms with van der Waals surface area (Å²) in [5, 5.41) is 28.1. The highest BCUT2D eigenvalue weighted by molar-refractivity contribution is 5.84. The quantitative estimate of drug-likeness (QED) is 0.189. The van der Waals surface area contributed by atoms with Gasteiger partial charge in [0.05, 0.1) is 37.3 Å². The van der Waals surface area contributed by atoms with E-state index in [-0.39, 0.29) is 71.3 Å². The molecule has 6 atom stereocenters. The second kappa shape index (κ2) is 21.6. The number of rotatable bonds is 10. The van der Waals surface area contributed by atoms with E-state index in [1.54, 1.807) is 9.80 Å². The molecule has 0 aromatic heterocycles. The van der Waals surface area contributed by atoms with Crippen LogP contribution in [0.2, 0.25) is 0 Å². The lowest BCUT2D eigenvalue weighted by Crippen LogP contribution is -2.60. The SMILES string of the molecule is COC(=O)N1CCC(Oc2ccc(N3CCC[C@H](NC(=O)C45CC6CC(C4)C(O)C(C6)C5)C3)cc2)CC1.COC(=O)N1CCC(Oc2ccc(N3CCC[C@H](NC(=O)C45CC6CC(C4)C(O)C(C6)C5)C3)cc2)CC1. The van der Waals surface area contributed by atoms with Crippen LogP contribution in [0.25, 0.3) is 0 Å². The van der Waals surface area contributed by atoms with E-state index in [9.17, 15) is 29.4 Å². The summed E-state index contributed by atoms with van der Waals surface area (Å²) >= 11 is 0. The van der Waals surface area contributed by atoms with E-state index < -0.39 is 0 Å². The normalized spacial score (nSPS) is 35.4. The summed E-state index contributed by atoms with van der Waals surface area (Å²) in [4.78, 5) is 58.7. The third kappa shape index (κ3) is 10.7. The summed E-state index contributed by atoms with van der Waals surface area (Å²) in [6.07, 6.45) is 16.6. The van der Waals surface area contributed by atoms with Crippen molar-refractivity contribution in [2.24, 2.45) is 46.3 Å². The molecule has 16 nitrogen and oxygen atoms in total. The van der Waals surface area contributed by atoms with Crippen LogP contribution in [0, 0.1) is 46.3 Å². The molecular formula is C58H82N6O10. The van der Waals surface area contributed by atoms with Crippen molar-refractivity contribution in [1.29, 1.82) is 0 Å². The highest BCUT2D eigenvalue weighted by Crippen LogP contribution is 2.61. The van der Waals surface area contributed by atoms with Crippen molar-refractivity contribution >= 4 is 35.4 Å². The van der Waals surface area contributed by atoms with Gasteiger partial charge in [-0.1, -0.05) is 0 Å². The molecule has 4 aliphatic heterocycles. The Labute approximate surface area is 437 Å². The van der Waals surface area contributed by atoms with Gasteiger partial charge in [0.15, 0.2) is 0 Å². The van der Waals surface area contributed by atoms with E-state index in [1.165, 1.54) is 14.2 Å². The summed E-state index contributed by atoms with van der Waals surface area (Å²) in [6, 6.07) is 16.9. The smallest absolute Gasteiger partial charge is 0.409 e. The Kier molecular flexibility index (Phi) is 14.9. The van der Waals surface area contributed by atoms with Crippen LogP contribution in [0.3, 0.4) is 0 Å². The minimum atomic E-state index is -0.268. The van der Waals surface area contributed by atoms with Crippen LogP contribution in [0.15, 0.2) is 48.5 Å². The van der Waals surface area contributed by atoms with E-state index in [4.69, 9.17) is 18.9 Å². The standard InChI is InChI=1S/2C29H41N3O5/c2*1-36-28(35)31-11-8-25(9-12-31)37-24-6-4-23(5-7-24)32-10-2-3-22(18-32)30-27(34)29-15-19-13-20(16-29)26(33)21(14-19)17-29/h2*4-7,19-22,25-26,33H,2-3,8-18H2,1H3,(H,30,34)/t2*19?,20?,21?,22-,26?,29?/m00/s1. The predicted octanol–water partition coefficient (Wildman–Crippen LogP) is 7.14. The first-order valence-electron chi connectivity index (χ1n) is 28.5. The summed E-state index contributed by atoms with van der Waals surface area (Å²) in [7, 11) is 2.83. The minimum absolute atomic E-state index is 0.104. The molecule has 14 rings (SSSR count). The lowest BCUT2D eigenvalue weighted by molar-refractivity contribution is -0.164. The largest absolute Gasteiger partial charge is 0.490 e. The van der Waals surface area contributed by atoms with Gasteiger partial charge in [-0.05, 0) is 174 Å². The molecule has 0 spiro atoms. The molecule has 4 heterocycles. The molecule has 8 saturated carbocycles. The van der Waals surface area contributed by atoms with E-state index >= 15 is 0 Å². The number of hydrogen-bond acceptors (Lipinski definition) is 12. The summed E-state index contributed by atoms with van der Waals surface area (Å²) in [5.74, 6) is 4.72. The average Bonchev–Trinajstić information content (AvgIpc) is 3.43. The summed E-state index contributed by atoms with van der Waals surface area (Å²) in [6.45, 7) is 6.24. The molecule has 4 amide bonds. The Morgan fingerprint density at radius 2 is 0.851 bits per heavy atom. The molecule has 404 valence electrons. The van der Waals surface area contributed by atoms with Gasteiger partial charge in [0.1, 0.15) is 23.7 Å². The Morgan fingerprint density at radius 1 is 0.500 bits per heavy atom. The monoisotopic (exact) mass is 1020 g/mol. The molecule has 8 aliphatic carbocycles. The molecule has 12 aliphatic rings. The molecule has 16 heteroatoms. The Bertz CT molecular complexity index is 2110. The Balaban J connectivity index is 0.000000159. The van der Waals surface area contributed by atoms with Crippen molar-refractivity contribution in [2.75, 3.05) is 76.4 Å². The van der Waals surface area contributed by atoms with Crippen molar-refractivity contribution in [3.63, 3.8) is 0 Å². The molecule has 4 saturated heterocycles. The predicted molar refractivity (Wildman–Crippen MR) is 279 cm³/mol. The number of carbonyl (C=O) groups is 4. The molecule has 0 radical (unpaired) electrons. The molecule has 2 aromatic rings. The Hall–Kier alpha value is -4.96. The van der Waals surface area contributed by atoms with E-state index in [1.807, 2.05) is 24.3 Å². The van der Waals surface area contributed by atoms with Gasteiger partial charge in [-0.2, -0.15) is 0 Å². The number of amides is 4. The molecule has 8 bridgehead atoms. The van der Waals surface area contributed by atoms with E-state index in [0.717, 1.165) is 165 Å². The summed E-state index contributed by atoms with van der Waals surface area (Å²) < 4.78 is 22.0. The number of ether oxygens (including phenoxy) is 4. The highest BCUT2D eigenvalue weighted by Gasteiger charge is 2.59. The van der Waals surface area contributed by atoms with Gasteiger partial charge >= 0.3 is 12.2 Å². The van der Waals surface area contributed by atoms with Crippen LogP contribution < -0.4 is 29.9 Å². The van der Waals surface area contributed by atoms with Gasteiger partial charge in [-0.3, -0.25) is 9.59 Å². The van der Waals surface area contributed by atoms with Crippen LogP contribution in [-0.4, -0.2) is 147 Å². The zero-order chi connectivity index (χ0) is 51.1. The number of aliphatic hydroxyl groups excluding tert-OH is 2. The molecule has 4 unspecified atom stereocenters. The highest BCUT2D eigenvalue weighted by atomic mass is 16.5. The Morgan fingerprint density at radius 3 is 1.19 bits per heavy atom. The second-order valence-corrected chi connectivity index (χ2v) is 24.5. The van der Waals surface area contributed by atoms with Crippen molar-refractivity contribution < 1.29 is 48.3 Å². The van der Waals surface area contributed by atoms with Crippen LogP contribution in [0.5, 0.6) is 11.5 Å². The fourth-order valence-electron chi connectivity index (χ4n) is 16.3. The zero-order valence-electron chi connectivity index (χ0n) is 43.9. The van der Waals surface area contributed by atoms with Gasteiger partial charge in [0.2, 0.25) is 11.8 Å². The van der Waals surface area contributed by atoms with Crippen LogP contribution in [-0.2, 0) is 19.1 Å². The minimum Gasteiger partial charge on any atom is -0.490 e. The number of aliphatic hydroxyl groups is 2. The first-order valence-corrected chi connectivity index (χ1v) is 28.5. The number of methoxy groups -OCH3 is 2. The molecule has 2 aromatic carbocycles. The number of nitrogens with one attached hydrogen (secondary N) is 2. The molecule has 4 N–H and O–H groups in total. The van der Waals surface area contributed by atoms with Gasteiger partial charge in [-0.25, -0.2) is 9.59 Å². The molecule has 74 heavy (non-hydrogen) atoms. The van der Waals surface area contributed by atoms with Crippen molar-refractivity contribution in [2.45, 2.75) is 152 Å². The first kappa shape index (κ1) is 51.2. The van der Waals surface area contributed by atoms with Gasteiger partial charge in [0, 0.05) is 101 Å². The number of benzene rings is 2. The third-order valence-electron chi connectivity index (χ3n) is 19.7. The van der Waals surface area contributed by atoms with Crippen molar-refractivity contribution in [1.82, 2.24) is 20.4 Å². The third-order valence-corrected chi connectivity index (χ3v) is 19.7. The fourth-order valence-corrected chi connectivity index (χ4v) is 16.3. The van der Waals surface area contributed by atoms with E-state index in [0.29, 0.717) is 61.7 Å². The van der Waals surface area contributed by atoms with Crippen molar-refractivity contribution in [3.05, 3.63) is 48.5 Å². The van der Waals surface area contributed by atoms with Crippen LogP contribution in [0.4, 0.5) is 21.0 Å². The van der Waals surface area contributed by atoms with Crippen molar-refractivity contribution in [3.8, 4) is 11.5 Å². The lowest BCUT2D eigenvalue weighted by Gasteiger charge is -2.58. The second-order valence-electron chi connectivity index (χ2n) is 24.5. The number of hydrogen-bond donors (Lipinski definition) is 4. The molecule has 12 fully saturated rings. The maximum Gasteiger partial charge on any atom is 0.409 e. The van der Waals surface area contributed by atoms with Gasteiger partial charge in [-0.15, -0.1) is 0 Å². The topological polar surface area (TPSA) is 183 Å². The number of carbonyl (C=O) groups excluding carboxylic acids is 4. The number of nitrogens with zero attached hydrogens (tertiary/aromatic N) is 4. The maximum atomic E-state index is 13.6. The van der Waals surface area contributed by atoms with E-state index in [2.05, 4.69) is 44.7 Å².